The predicted molar refractivity (Wildman–Crippen MR) is 90.9 cm³/mol. The van der Waals surface area contributed by atoms with Crippen LogP contribution in [-0.4, -0.2) is 18.6 Å². The normalized spacial score (nSPS) is 11.6. The summed E-state index contributed by atoms with van der Waals surface area (Å²) in [6.07, 6.45) is 1.63. The van der Waals surface area contributed by atoms with E-state index < -0.39 is 10.0 Å². The lowest BCUT2D eigenvalue weighted by molar-refractivity contribution is 0.598. The molecule has 0 saturated heterocycles. The van der Waals surface area contributed by atoms with Crippen LogP contribution in [0.4, 0.5) is 0 Å². The van der Waals surface area contributed by atoms with Crippen molar-refractivity contribution in [1.29, 1.82) is 0 Å². The SMILES string of the molecule is NS(=O)(=O)c1ccccc1-c1n[nH]cc1-c1cc(Cl)ccc1Cl. The Balaban J connectivity index is 2.27. The van der Waals surface area contributed by atoms with Gasteiger partial charge in [-0.1, -0.05) is 41.4 Å². The molecule has 23 heavy (non-hydrogen) atoms. The van der Waals surface area contributed by atoms with Crippen molar-refractivity contribution in [2.45, 2.75) is 4.90 Å². The summed E-state index contributed by atoms with van der Waals surface area (Å²) in [4.78, 5) is -0.00787. The lowest BCUT2D eigenvalue weighted by atomic mass is 10.0. The molecule has 3 N–H and O–H groups in total. The molecule has 1 aromatic heterocycles. The van der Waals surface area contributed by atoms with Crippen LogP contribution >= 0.6 is 23.2 Å². The van der Waals surface area contributed by atoms with Gasteiger partial charge >= 0.3 is 0 Å². The van der Waals surface area contributed by atoms with E-state index in [1.165, 1.54) is 6.07 Å². The fourth-order valence-corrected chi connectivity index (χ4v) is 3.45. The molecule has 0 aliphatic carbocycles. The topological polar surface area (TPSA) is 88.8 Å². The highest BCUT2D eigenvalue weighted by Crippen LogP contribution is 2.37. The first-order valence-corrected chi connectivity index (χ1v) is 8.79. The van der Waals surface area contributed by atoms with Crippen LogP contribution in [-0.2, 0) is 10.0 Å². The van der Waals surface area contributed by atoms with Gasteiger partial charge in [0, 0.05) is 32.9 Å². The van der Waals surface area contributed by atoms with Gasteiger partial charge in [0.2, 0.25) is 10.0 Å². The molecule has 118 valence electrons. The van der Waals surface area contributed by atoms with Crippen molar-refractivity contribution in [2.24, 2.45) is 5.14 Å². The molecule has 0 atom stereocenters. The summed E-state index contributed by atoms with van der Waals surface area (Å²) in [6, 6.07) is 11.4. The fourth-order valence-electron chi connectivity index (χ4n) is 2.31. The summed E-state index contributed by atoms with van der Waals surface area (Å²) < 4.78 is 23.6. The summed E-state index contributed by atoms with van der Waals surface area (Å²) in [5.41, 5.74) is 2.10. The number of H-pyrrole nitrogens is 1. The number of hydrogen-bond acceptors (Lipinski definition) is 3. The molecule has 1 heterocycles. The van der Waals surface area contributed by atoms with E-state index in [1.807, 2.05) is 0 Å². The molecule has 0 aliphatic heterocycles. The predicted octanol–water partition coefficient (Wildman–Crippen LogP) is 3.70. The third kappa shape index (κ3) is 3.11. The van der Waals surface area contributed by atoms with Crippen molar-refractivity contribution < 1.29 is 8.42 Å². The molecule has 0 amide bonds. The molecule has 0 bridgehead atoms. The van der Waals surface area contributed by atoms with E-state index in [9.17, 15) is 8.42 Å². The zero-order valence-corrected chi connectivity index (χ0v) is 14.0. The van der Waals surface area contributed by atoms with Crippen molar-refractivity contribution in [3.8, 4) is 22.4 Å². The molecule has 8 heteroatoms. The van der Waals surface area contributed by atoms with Crippen LogP contribution in [0, 0.1) is 0 Å². The zero-order valence-electron chi connectivity index (χ0n) is 11.6. The first-order chi connectivity index (χ1) is 10.9. The summed E-state index contributed by atoms with van der Waals surface area (Å²) in [5, 5.41) is 13.2. The van der Waals surface area contributed by atoms with Crippen LogP contribution in [0.5, 0.6) is 0 Å². The molecule has 0 fully saturated rings. The molecular formula is C15H11Cl2N3O2S. The molecule has 5 nitrogen and oxygen atoms in total. The van der Waals surface area contributed by atoms with E-state index in [4.69, 9.17) is 28.3 Å². The van der Waals surface area contributed by atoms with Gasteiger partial charge in [0.15, 0.2) is 0 Å². The second kappa shape index (κ2) is 5.98. The van der Waals surface area contributed by atoms with Gasteiger partial charge in [-0.15, -0.1) is 0 Å². The van der Waals surface area contributed by atoms with E-state index >= 15 is 0 Å². The number of aromatic nitrogens is 2. The second-order valence-corrected chi connectivity index (χ2v) is 7.19. The van der Waals surface area contributed by atoms with Crippen LogP contribution in [0.25, 0.3) is 22.4 Å². The minimum absolute atomic E-state index is 0.00787. The van der Waals surface area contributed by atoms with Gasteiger partial charge in [-0.05, 0) is 24.3 Å². The lowest BCUT2D eigenvalue weighted by Crippen LogP contribution is -2.13. The number of benzene rings is 2. The van der Waals surface area contributed by atoms with Gasteiger partial charge in [0.05, 0.1) is 4.90 Å². The molecule has 2 aromatic carbocycles. The molecular weight excluding hydrogens is 357 g/mol. The molecule has 3 aromatic rings. The highest BCUT2D eigenvalue weighted by molar-refractivity contribution is 7.89. The van der Waals surface area contributed by atoms with Crippen molar-refractivity contribution in [3.63, 3.8) is 0 Å². The van der Waals surface area contributed by atoms with Crippen molar-refractivity contribution in [2.75, 3.05) is 0 Å². The lowest BCUT2D eigenvalue weighted by Gasteiger charge is -2.09. The Morgan fingerprint density at radius 2 is 1.74 bits per heavy atom. The van der Waals surface area contributed by atoms with E-state index in [-0.39, 0.29) is 4.90 Å². The fraction of sp³-hybridized carbons (Fsp3) is 0. The van der Waals surface area contributed by atoms with Gasteiger partial charge in [-0.3, -0.25) is 5.10 Å². The highest BCUT2D eigenvalue weighted by Gasteiger charge is 2.20. The van der Waals surface area contributed by atoms with Gasteiger partial charge in [-0.25, -0.2) is 13.6 Å². The molecule has 0 unspecified atom stereocenters. The van der Waals surface area contributed by atoms with Crippen molar-refractivity contribution in [1.82, 2.24) is 10.2 Å². The summed E-state index contributed by atoms with van der Waals surface area (Å²) >= 11 is 12.3. The van der Waals surface area contributed by atoms with Crippen LogP contribution < -0.4 is 5.14 Å². The van der Waals surface area contributed by atoms with Crippen LogP contribution in [0.15, 0.2) is 53.6 Å². The van der Waals surface area contributed by atoms with Crippen LogP contribution in [0.1, 0.15) is 0 Å². The summed E-state index contributed by atoms with van der Waals surface area (Å²) in [5.74, 6) is 0. The number of halogens is 2. The smallest absolute Gasteiger partial charge is 0.238 e. The van der Waals surface area contributed by atoms with Crippen molar-refractivity contribution in [3.05, 3.63) is 58.7 Å². The number of rotatable bonds is 3. The molecule has 0 radical (unpaired) electrons. The summed E-state index contributed by atoms with van der Waals surface area (Å²) in [7, 11) is -3.89. The number of aromatic amines is 1. The number of nitrogens with zero attached hydrogens (tertiary/aromatic N) is 1. The maximum Gasteiger partial charge on any atom is 0.238 e. The number of hydrogen-bond donors (Lipinski definition) is 2. The Kier molecular flexibility index (Phi) is 4.16. The average molecular weight is 368 g/mol. The van der Waals surface area contributed by atoms with E-state index in [0.29, 0.717) is 32.4 Å². The number of sulfonamides is 1. The van der Waals surface area contributed by atoms with E-state index in [0.717, 1.165) is 0 Å². The quantitative estimate of drug-likeness (QED) is 0.739. The second-order valence-electron chi connectivity index (χ2n) is 4.81. The third-order valence-electron chi connectivity index (χ3n) is 3.31. The minimum Gasteiger partial charge on any atom is -0.284 e. The standard InChI is InChI=1S/C15H11Cl2N3O2S/c16-9-5-6-13(17)11(7-9)12-8-19-20-15(12)10-3-1-2-4-14(10)23(18,21)22/h1-8H,(H,19,20)(H2,18,21,22). The highest BCUT2D eigenvalue weighted by atomic mass is 35.5. The number of primary sulfonamides is 1. The minimum atomic E-state index is -3.89. The van der Waals surface area contributed by atoms with Gasteiger partial charge < -0.3 is 0 Å². The number of nitrogens with two attached hydrogens (primary N) is 1. The summed E-state index contributed by atoms with van der Waals surface area (Å²) in [6.45, 7) is 0. The molecule has 3 rings (SSSR count). The Bertz CT molecular complexity index is 984. The van der Waals surface area contributed by atoms with Crippen molar-refractivity contribution >= 4 is 33.2 Å². The first-order valence-electron chi connectivity index (χ1n) is 6.49. The molecule has 0 spiro atoms. The Labute approximate surface area is 143 Å². The van der Waals surface area contributed by atoms with Gasteiger partial charge in [-0.2, -0.15) is 5.10 Å². The third-order valence-corrected chi connectivity index (χ3v) is 4.84. The van der Waals surface area contributed by atoms with E-state index in [1.54, 1.807) is 42.6 Å². The average Bonchev–Trinajstić information content (AvgIpc) is 2.98. The maximum atomic E-state index is 11.8. The first kappa shape index (κ1) is 16.0. The monoisotopic (exact) mass is 367 g/mol. The molecule has 0 saturated carbocycles. The van der Waals surface area contributed by atoms with Gasteiger partial charge in [0.1, 0.15) is 5.69 Å². The Morgan fingerprint density at radius 3 is 2.48 bits per heavy atom. The Hall–Kier alpha value is -1.86. The van der Waals surface area contributed by atoms with Gasteiger partial charge in [0.25, 0.3) is 0 Å². The number of nitrogens with one attached hydrogen (secondary N) is 1. The maximum absolute atomic E-state index is 11.8. The zero-order chi connectivity index (χ0) is 16.6. The largest absolute Gasteiger partial charge is 0.284 e. The van der Waals surface area contributed by atoms with Crippen LogP contribution in [0.3, 0.4) is 0 Å². The Morgan fingerprint density at radius 1 is 1.00 bits per heavy atom. The van der Waals surface area contributed by atoms with Crippen LogP contribution in [0.2, 0.25) is 10.0 Å². The molecule has 0 aliphatic rings. The van der Waals surface area contributed by atoms with E-state index in [2.05, 4.69) is 10.2 Å².